The number of amides is 1. The lowest BCUT2D eigenvalue weighted by Crippen LogP contribution is -2.30. The topological polar surface area (TPSA) is 52.3 Å². The van der Waals surface area contributed by atoms with Crippen molar-refractivity contribution in [1.29, 1.82) is 0 Å². The number of hydrogen-bond acceptors (Lipinski definition) is 2. The van der Waals surface area contributed by atoms with E-state index in [2.05, 4.69) is 0 Å². The molecule has 0 radical (unpaired) electrons. The van der Waals surface area contributed by atoms with Crippen LogP contribution in [0.5, 0.6) is 5.75 Å². The Morgan fingerprint density at radius 1 is 1.50 bits per heavy atom. The second-order valence-corrected chi connectivity index (χ2v) is 2.71. The highest BCUT2D eigenvalue weighted by atomic mass is 19.2. The van der Waals surface area contributed by atoms with Crippen molar-refractivity contribution < 1.29 is 18.3 Å². The first-order valence-corrected chi connectivity index (χ1v) is 3.92. The SMILES string of the molecule is CC(Oc1cccc(F)c1F)C(N)=O. The number of carbonyl (C=O) groups is 1. The zero-order chi connectivity index (χ0) is 10.7. The van der Waals surface area contributed by atoms with Gasteiger partial charge in [0.25, 0.3) is 5.91 Å². The van der Waals surface area contributed by atoms with Crippen LogP contribution in [0, 0.1) is 11.6 Å². The summed E-state index contributed by atoms with van der Waals surface area (Å²) >= 11 is 0. The maximum absolute atomic E-state index is 13.0. The fraction of sp³-hybridized carbons (Fsp3) is 0.222. The number of hydrogen-bond donors (Lipinski definition) is 1. The number of nitrogens with two attached hydrogens (primary N) is 1. The minimum atomic E-state index is -1.12. The van der Waals surface area contributed by atoms with Gasteiger partial charge in [0.2, 0.25) is 5.82 Å². The summed E-state index contributed by atoms with van der Waals surface area (Å²) in [4.78, 5) is 10.6. The molecule has 76 valence electrons. The van der Waals surface area contributed by atoms with Gasteiger partial charge >= 0.3 is 0 Å². The van der Waals surface area contributed by atoms with Gasteiger partial charge < -0.3 is 10.5 Å². The highest BCUT2D eigenvalue weighted by molar-refractivity contribution is 5.78. The third kappa shape index (κ3) is 2.18. The van der Waals surface area contributed by atoms with Crippen LogP contribution in [0.25, 0.3) is 0 Å². The Kier molecular flexibility index (Phi) is 3.01. The number of benzene rings is 1. The molecule has 3 nitrogen and oxygen atoms in total. The van der Waals surface area contributed by atoms with Crippen molar-refractivity contribution in [3.8, 4) is 5.75 Å². The van der Waals surface area contributed by atoms with Crippen molar-refractivity contribution in [3.63, 3.8) is 0 Å². The minimum absolute atomic E-state index is 0.323. The van der Waals surface area contributed by atoms with Gasteiger partial charge in [-0.1, -0.05) is 6.07 Å². The molecular formula is C9H9F2NO2. The fourth-order valence-electron chi connectivity index (χ4n) is 0.824. The maximum Gasteiger partial charge on any atom is 0.258 e. The Bertz CT molecular complexity index is 355. The van der Waals surface area contributed by atoms with Crippen LogP contribution in [0.3, 0.4) is 0 Å². The van der Waals surface area contributed by atoms with E-state index >= 15 is 0 Å². The average Bonchev–Trinajstić information content (AvgIpc) is 2.12. The smallest absolute Gasteiger partial charge is 0.258 e. The number of halogens is 2. The summed E-state index contributed by atoms with van der Waals surface area (Å²) in [6, 6.07) is 3.45. The summed E-state index contributed by atoms with van der Waals surface area (Å²) in [7, 11) is 0. The lowest BCUT2D eigenvalue weighted by atomic mass is 10.3. The molecule has 2 N–H and O–H groups in total. The van der Waals surface area contributed by atoms with Crippen LogP contribution in [-0.4, -0.2) is 12.0 Å². The van der Waals surface area contributed by atoms with E-state index in [1.165, 1.54) is 19.1 Å². The summed E-state index contributed by atoms with van der Waals surface area (Å²) in [6.45, 7) is 1.35. The van der Waals surface area contributed by atoms with Crippen LogP contribution in [0.15, 0.2) is 18.2 Å². The van der Waals surface area contributed by atoms with Gasteiger partial charge in [-0.15, -0.1) is 0 Å². The Morgan fingerprint density at radius 3 is 2.71 bits per heavy atom. The minimum Gasteiger partial charge on any atom is -0.478 e. The predicted octanol–water partition coefficient (Wildman–Crippen LogP) is 1.22. The van der Waals surface area contributed by atoms with Crippen LogP contribution in [0.4, 0.5) is 8.78 Å². The normalized spacial score (nSPS) is 12.2. The first kappa shape index (κ1) is 10.4. The lowest BCUT2D eigenvalue weighted by Gasteiger charge is -2.11. The molecule has 0 aliphatic rings. The maximum atomic E-state index is 13.0. The zero-order valence-corrected chi connectivity index (χ0v) is 7.46. The lowest BCUT2D eigenvalue weighted by molar-refractivity contribution is -0.124. The third-order valence-corrected chi connectivity index (χ3v) is 1.62. The Hall–Kier alpha value is -1.65. The summed E-state index contributed by atoms with van der Waals surface area (Å²) in [5, 5.41) is 0. The Balaban J connectivity index is 2.87. The van der Waals surface area contributed by atoms with Crippen molar-refractivity contribution in [2.24, 2.45) is 5.73 Å². The van der Waals surface area contributed by atoms with Gasteiger partial charge in [-0.3, -0.25) is 4.79 Å². The van der Waals surface area contributed by atoms with E-state index in [1.807, 2.05) is 0 Å². The molecule has 0 aromatic heterocycles. The van der Waals surface area contributed by atoms with Crippen LogP contribution in [-0.2, 0) is 4.79 Å². The molecule has 0 aliphatic carbocycles. The highest BCUT2D eigenvalue weighted by Gasteiger charge is 2.15. The summed E-state index contributed by atoms with van der Waals surface area (Å²) < 4.78 is 30.4. The van der Waals surface area contributed by atoms with Crippen LogP contribution >= 0.6 is 0 Å². The second-order valence-electron chi connectivity index (χ2n) is 2.71. The highest BCUT2D eigenvalue weighted by Crippen LogP contribution is 2.20. The van der Waals surface area contributed by atoms with Gasteiger partial charge in [0.1, 0.15) is 0 Å². The molecule has 0 heterocycles. The van der Waals surface area contributed by atoms with Gasteiger partial charge in [0.15, 0.2) is 17.7 Å². The van der Waals surface area contributed by atoms with E-state index in [4.69, 9.17) is 10.5 Å². The molecule has 1 aromatic carbocycles. The van der Waals surface area contributed by atoms with Gasteiger partial charge in [-0.25, -0.2) is 4.39 Å². The average molecular weight is 201 g/mol. The standard InChI is InChI=1S/C9H9F2NO2/c1-5(9(12)13)14-7-4-2-3-6(10)8(7)11/h2-5H,1H3,(H2,12,13). The number of ether oxygens (including phenoxy) is 1. The van der Waals surface area contributed by atoms with Crippen molar-refractivity contribution in [2.75, 3.05) is 0 Å². The molecular weight excluding hydrogens is 192 g/mol. The molecule has 0 aliphatic heterocycles. The summed E-state index contributed by atoms with van der Waals surface area (Å²) in [6.07, 6.45) is -0.994. The van der Waals surface area contributed by atoms with Crippen LogP contribution < -0.4 is 10.5 Å². The first-order chi connectivity index (χ1) is 6.52. The molecule has 1 aromatic rings. The van der Waals surface area contributed by atoms with Crippen molar-refractivity contribution in [2.45, 2.75) is 13.0 Å². The molecule has 0 saturated heterocycles. The number of carbonyl (C=O) groups excluding carboxylic acids is 1. The van der Waals surface area contributed by atoms with Crippen molar-refractivity contribution in [3.05, 3.63) is 29.8 Å². The predicted molar refractivity (Wildman–Crippen MR) is 45.6 cm³/mol. The van der Waals surface area contributed by atoms with E-state index in [9.17, 15) is 13.6 Å². The van der Waals surface area contributed by atoms with Crippen molar-refractivity contribution in [1.82, 2.24) is 0 Å². The van der Waals surface area contributed by atoms with Crippen molar-refractivity contribution >= 4 is 5.91 Å². The Morgan fingerprint density at radius 2 is 2.14 bits per heavy atom. The van der Waals surface area contributed by atoms with E-state index in [-0.39, 0.29) is 5.75 Å². The van der Waals surface area contributed by atoms with E-state index < -0.39 is 23.6 Å². The van der Waals surface area contributed by atoms with Crippen LogP contribution in [0.1, 0.15) is 6.92 Å². The van der Waals surface area contributed by atoms with Gasteiger partial charge in [0.05, 0.1) is 0 Å². The molecule has 1 unspecified atom stereocenters. The van der Waals surface area contributed by atoms with Gasteiger partial charge in [0, 0.05) is 0 Å². The van der Waals surface area contributed by atoms with E-state index in [1.54, 1.807) is 0 Å². The second kappa shape index (κ2) is 4.04. The summed E-state index contributed by atoms with van der Waals surface area (Å²) in [5.41, 5.74) is 4.89. The number of primary amides is 1. The molecule has 1 atom stereocenters. The fourth-order valence-corrected chi connectivity index (χ4v) is 0.824. The molecule has 0 bridgehead atoms. The van der Waals surface area contributed by atoms with E-state index in [0.29, 0.717) is 0 Å². The monoisotopic (exact) mass is 201 g/mol. The molecule has 5 heteroatoms. The zero-order valence-electron chi connectivity index (χ0n) is 7.46. The molecule has 0 spiro atoms. The largest absolute Gasteiger partial charge is 0.478 e. The quantitative estimate of drug-likeness (QED) is 0.799. The van der Waals surface area contributed by atoms with Gasteiger partial charge in [-0.05, 0) is 19.1 Å². The molecule has 0 fully saturated rings. The van der Waals surface area contributed by atoms with Crippen LogP contribution in [0.2, 0.25) is 0 Å². The summed E-state index contributed by atoms with van der Waals surface area (Å²) in [5.74, 6) is -3.22. The Labute approximate surface area is 79.5 Å². The molecule has 14 heavy (non-hydrogen) atoms. The molecule has 1 rings (SSSR count). The number of rotatable bonds is 3. The van der Waals surface area contributed by atoms with E-state index in [0.717, 1.165) is 6.07 Å². The molecule has 0 saturated carbocycles. The first-order valence-electron chi connectivity index (χ1n) is 3.92. The third-order valence-electron chi connectivity index (χ3n) is 1.62. The molecule has 1 amide bonds. The van der Waals surface area contributed by atoms with Gasteiger partial charge in [-0.2, -0.15) is 4.39 Å².